The largest absolute Gasteiger partial charge is 0.481 e. The molecule has 2 rings (SSSR count). The maximum Gasteiger partial charge on any atom is 0.311 e. The fourth-order valence-electron chi connectivity index (χ4n) is 1.80. The highest BCUT2D eigenvalue weighted by atomic mass is 32.1. The van der Waals surface area contributed by atoms with Gasteiger partial charge >= 0.3 is 5.97 Å². The Morgan fingerprint density at radius 3 is 2.87 bits per heavy atom. The van der Waals surface area contributed by atoms with Gasteiger partial charge in [-0.3, -0.25) is 4.79 Å². The number of hydrogen-bond acceptors (Lipinski definition) is 2. The molecule has 0 spiro atoms. The van der Waals surface area contributed by atoms with Crippen LogP contribution in [0.25, 0.3) is 10.1 Å². The molecule has 0 saturated carbocycles. The Morgan fingerprint density at radius 2 is 2.20 bits per heavy atom. The normalized spacial score (nSPS) is 12.9. The lowest BCUT2D eigenvalue weighted by Gasteiger charge is -2.08. The Balaban J connectivity index is 2.55. The number of carboxylic acid groups (broad SMARTS) is 1. The van der Waals surface area contributed by atoms with Crippen molar-refractivity contribution in [3.8, 4) is 0 Å². The smallest absolute Gasteiger partial charge is 0.311 e. The Bertz CT molecular complexity index is 487. The van der Waals surface area contributed by atoms with Gasteiger partial charge in [0, 0.05) is 4.70 Å². The van der Waals surface area contributed by atoms with E-state index in [2.05, 4.69) is 0 Å². The molecule has 0 fully saturated rings. The maximum atomic E-state index is 11.1. The summed E-state index contributed by atoms with van der Waals surface area (Å²) < 4.78 is 1.16. The van der Waals surface area contributed by atoms with Gasteiger partial charge in [-0.25, -0.2) is 0 Å². The van der Waals surface area contributed by atoms with E-state index in [1.54, 1.807) is 11.3 Å². The first-order valence-corrected chi connectivity index (χ1v) is 5.81. The lowest BCUT2D eigenvalue weighted by Crippen LogP contribution is -2.09. The molecule has 0 bridgehead atoms. The average molecular weight is 220 g/mol. The minimum atomic E-state index is -0.735. The lowest BCUT2D eigenvalue weighted by atomic mass is 9.96. The van der Waals surface area contributed by atoms with E-state index in [9.17, 15) is 4.79 Å². The number of aliphatic carboxylic acids is 1. The molecule has 0 aliphatic carbocycles. The summed E-state index contributed by atoms with van der Waals surface area (Å²) in [5, 5.41) is 12.2. The highest BCUT2D eigenvalue weighted by molar-refractivity contribution is 7.17. The fourth-order valence-corrected chi connectivity index (χ4v) is 2.81. The van der Waals surface area contributed by atoms with Gasteiger partial charge in [0.05, 0.1) is 5.92 Å². The number of carbonyl (C=O) groups is 1. The molecule has 1 unspecified atom stereocenters. The molecule has 0 aliphatic heterocycles. The van der Waals surface area contributed by atoms with E-state index in [-0.39, 0.29) is 5.92 Å². The average Bonchev–Trinajstić information content (AvgIpc) is 2.63. The van der Waals surface area contributed by atoms with Gasteiger partial charge in [0.2, 0.25) is 0 Å². The van der Waals surface area contributed by atoms with Crippen LogP contribution in [0.2, 0.25) is 0 Å². The van der Waals surface area contributed by atoms with Gasteiger partial charge in [0.1, 0.15) is 0 Å². The van der Waals surface area contributed by atoms with Crippen molar-refractivity contribution in [2.75, 3.05) is 0 Å². The van der Waals surface area contributed by atoms with Gasteiger partial charge in [-0.05, 0) is 28.8 Å². The van der Waals surface area contributed by atoms with Crippen molar-refractivity contribution >= 4 is 27.4 Å². The fraction of sp³-hybridized carbons (Fsp3) is 0.250. The molecule has 15 heavy (non-hydrogen) atoms. The van der Waals surface area contributed by atoms with Gasteiger partial charge < -0.3 is 5.11 Å². The second-order valence-electron chi connectivity index (χ2n) is 3.49. The summed E-state index contributed by atoms with van der Waals surface area (Å²) in [6.07, 6.45) is 0.635. The van der Waals surface area contributed by atoms with E-state index in [0.29, 0.717) is 6.42 Å². The van der Waals surface area contributed by atoms with E-state index >= 15 is 0 Å². The van der Waals surface area contributed by atoms with E-state index in [0.717, 1.165) is 15.6 Å². The van der Waals surface area contributed by atoms with Crippen LogP contribution in [0.3, 0.4) is 0 Å². The number of benzene rings is 1. The van der Waals surface area contributed by atoms with Gasteiger partial charge in [-0.1, -0.05) is 25.1 Å². The third-order valence-electron chi connectivity index (χ3n) is 2.59. The number of rotatable bonds is 3. The van der Waals surface area contributed by atoms with Crippen LogP contribution in [0.4, 0.5) is 0 Å². The molecular weight excluding hydrogens is 208 g/mol. The summed E-state index contributed by atoms with van der Waals surface area (Å²) in [5.74, 6) is -1.11. The molecule has 0 amide bonds. The van der Waals surface area contributed by atoms with Crippen LogP contribution in [0.15, 0.2) is 29.6 Å². The molecule has 0 aliphatic rings. The zero-order valence-corrected chi connectivity index (χ0v) is 9.25. The van der Waals surface area contributed by atoms with Crippen molar-refractivity contribution in [3.05, 3.63) is 35.2 Å². The molecule has 1 N–H and O–H groups in total. The Morgan fingerprint density at radius 1 is 1.47 bits per heavy atom. The third-order valence-corrected chi connectivity index (χ3v) is 3.57. The molecule has 1 atom stereocenters. The van der Waals surface area contributed by atoms with Crippen LogP contribution in [0.1, 0.15) is 24.8 Å². The van der Waals surface area contributed by atoms with E-state index in [4.69, 9.17) is 5.11 Å². The Kier molecular flexibility index (Phi) is 2.73. The van der Waals surface area contributed by atoms with E-state index in [1.165, 1.54) is 0 Å². The van der Waals surface area contributed by atoms with Crippen LogP contribution in [-0.4, -0.2) is 11.1 Å². The Labute approximate surface area is 92.2 Å². The van der Waals surface area contributed by atoms with Gasteiger partial charge in [0.25, 0.3) is 0 Å². The zero-order chi connectivity index (χ0) is 10.8. The molecule has 0 saturated heterocycles. The predicted octanol–water partition coefficient (Wildman–Crippen LogP) is 3.48. The van der Waals surface area contributed by atoms with Crippen molar-refractivity contribution in [2.45, 2.75) is 19.3 Å². The molecule has 1 heterocycles. The molecule has 2 aromatic rings. The standard InChI is InChI=1S/C12H12O2S/c1-2-8(12(13)14)10-7-15-11-6-4-3-5-9(10)11/h3-8H,2H2,1H3,(H,13,14). The van der Waals surface area contributed by atoms with Crippen LogP contribution in [0, 0.1) is 0 Å². The van der Waals surface area contributed by atoms with Crippen molar-refractivity contribution in [3.63, 3.8) is 0 Å². The predicted molar refractivity (Wildman–Crippen MR) is 62.5 cm³/mol. The number of carboxylic acids is 1. The van der Waals surface area contributed by atoms with Crippen LogP contribution < -0.4 is 0 Å². The second kappa shape index (κ2) is 4.03. The summed E-state index contributed by atoms with van der Waals surface area (Å²) in [7, 11) is 0. The summed E-state index contributed by atoms with van der Waals surface area (Å²) in [4.78, 5) is 11.1. The molecule has 3 heteroatoms. The first kappa shape index (κ1) is 10.2. The van der Waals surface area contributed by atoms with E-state index < -0.39 is 5.97 Å². The van der Waals surface area contributed by atoms with Crippen molar-refractivity contribution < 1.29 is 9.90 Å². The van der Waals surface area contributed by atoms with Gasteiger partial charge in [0.15, 0.2) is 0 Å². The molecule has 1 aromatic carbocycles. The molecule has 0 radical (unpaired) electrons. The van der Waals surface area contributed by atoms with Crippen molar-refractivity contribution in [2.24, 2.45) is 0 Å². The van der Waals surface area contributed by atoms with Crippen LogP contribution in [-0.2, 0) is 4.79 Å². The summed E-state index contributed by atoms with van der Waals surface area (Å²) in [6, 6.07) is 7.95. The van der Waals surface area contributed by atoms with Crippen molar-refractivity contribution in [1.29, 1.82) is 0 Å². The Hall–Kier alpha value is -1.35. The SMILES string of the molecule is CCC(C(=O)O)c1csc2ccccc12. The maximum absolute atomic E-state index is 11.1. The summed E-state index contributed by atoms with van der Waals surface area (Å²) in [6.45, 7) is 1.91. The molecule has 2 nitrogen and oxygen atoms in total. The minimum Gasteiger partial charge on any atom is -0.481 e. The third kappa shape index (κ3) is 1.75. The number of hydrogen-bond donors (Lipinski definition) is 1. The monoisotopic (exact) mass is 220 g/mol. The van der Waals surface area contributed by atoms with Crippen LogP contribution >= 0.6 is 11.3 Å². The highest BCUT2D eigenvalue weighted by Gasteiger charge is 2.20. The second-order valence-corrected chi connectivity index (χ2v) is 4.40. The van der Waals surface area contributed by atoms with Gasteiger partial charge in [-0.2, -0.15) is 0 Å². The number of fused-ring (bicyclic) bond motifs is 1. The first-order chi connectivity index (χ1) is 7.24. The quantitative estimate of drug-likeness (QED) is 0.859. The van der Waals surface area contributed by atoms with Gasteiger partial charge in [-0.15, -0.1) is 11.3 Å². The number of thiophene rings is 1. The topological polar surface area (TPSA) is 37.3 Å². The zero-order valence-electron chi connectivity index (χ0n) is 8.43. The summed E-state index contributed by atoms with van der Waals surface area (Å²) in [5.41, 5.74) is 0.950. The molecule has 1 aromatic heterocycles. The molecule has 78 valence electrons. The van der Waals surface area contributed by atoms with Crippen molar-refractivity contribution in [1.82, 2.24) is 0 Å². The van der Waals surface area contributed by atoms with E-state index in [1.807, 2.05) is 36.6 Å². The minimum absolute atomic E-state index is 0.374. The van der Waals surface area contributed by atoms with Crippen LogP contribution in [0.5, 0.6) is 0 Å². The molecular formula is C12H12O2S. The highest BCUT2D eigenvalue weighted by Crippen LogP contribution is 2.32. The summed E-state index contributed by atoms with van der Waals surface area (Å²) >= 11 is 1.61. The first-order valence-electron chi connectivity index (χ1n) is 4.93. The lowest BCUT2D eigenvalue weighted by molar-refractivity contribution is -0.138.